The highest BCUT2D eigenvalue weighted by molar-refractivity contribution is 5.79. The van der Waals surface area contributed by atoms with E-state index in [4.69, 9.17) is 9.47 Å². The molecule has 146 valence electrons. The van der Waals surface area contributed by atoms with Gasteiger partial charge in [-0.2, -0.15) is 0 Å². The average molecular weight is 370 g/mol. The molecule has 0 spiro atoms. The van der Waals surface area contributed by atoms with E-state index >= 15 is 0 Å². The number of nitrogens with one attached hydrogen (secondary N) is 2. The monoisotopic (exact) mass is 370 g/mol. The Kier molecular flexibility index (Phi) is 8.45. The highest BCUT2D eigenvalue weighted by Gasteiger charge is 2.14. The molecule has 2 aromatic carbocycles. The molecule has 6 heteroatoms. The number of hydrogen-bond acceptors (Lipinski definition) is 4. The third-order valence-corrected chi connectivity index (χ3v) is 4.22. The topological polar surface area (TPSA) is 58.1 Å². The van der Waals surface area contributed by atoms with Crippen molar-refractivity contribution >= 4 is 5.96 Å². The summed E-state index contributed by atoms with van der Waals surface area (Å²) in [4.78, 5) is 6.48. The lowest BCUT2D eigenvalue weighted by atomic mass is 10.1. The van der Waals surface area contributed by atoms with Crippen LogP contribution in [0.5, 0.6) is 11.5 Å². The summed E-state index contributed by atoms with van der Waals surface area (Å²) < 4.78 is 10.9. The fourth-order valence-corrected chi connectivity index (χ4v) is 2.70. The Bertz CT molecular complexity index is 687. The molecule has 0 saturated heterocycles. The third kappa shape index (κ3) is 6.83. The third-order valence-electron chi connectivity index (χ3n) is 4.22. The molecular formula is C21H30N4O2. The predicted octanol–water partition coefficient (Wildman–Crippen LogP) is 2.54. The fraction of sp³-hybridized carbons (Fsp3) is 0.381. The molecule has 1 atom stereocenters. The number of aliphatic imine (C=N–C) groups is 1. The van der Waals surface area contributed by atoms with Crippen molar-refractivity contribution in [2.45, 2.75) is 6.04 Å². The summed E-state index contributed by atoms with van der Waals surface area (Å²) in [5.74, 6) is 2.40. The minimum atomic E-state index is 0.264. The molecule has 2 aromatic rings. The summed E-state index contributed by atoms with van der Waals surface area (Å²) in [6.07, 6.45) is 0. The maximum absolute atomic E-state index is 5.72. The second kappa shape index (κ2) is 11.1. The van der Waals surface area contributed by atoms with Crippen LogP contribution in [0.2, 0.25) is 0 Å². The molecule has 0 fully saturated rings. The molecule has 0 aliphatic carbocycles. The Morgan fingerprint density at radius 3 is 2.26 bits per heavy atom. The molecule has 0 radical (unpaired) electrons. The summed E-state index contributed by atoms with van der Waals surface area (Å²) in [6, 6.07) is 18.3. The number of benzene rings is 2. The first-order valence-electron chi connectivity index (χ1n) is 9.06. The number of hydrogen-bond donors (Lipinski definition) is 2. The van der Waals surface area contributed by atoms with Crippen LogP contribution in [0.3, 0.4) is 0 Å². The normalized spacial score (nSPS) is 12.6. The van der Waals surface area contributed by atoms with Crippen molar-refractivity contribution in [3.8, 4) is 11.5 Å². The second-order valence-corrected chi connectivity index (χ2v) is 6.29. The molecule has 1 unspecified atom stereocenters. The highest BCUT2D eigenvalue weighted by atomic mass is 16.5. The Hall–Kier alpha value is -2.73. The maximum atomic E-state index is 5.72. The van der Waals surface area contributed by atoms with Crippen molar-refractivity contribution in [2.24, 2.45) is 4.99 Å². The minimum Gasteiger partial charge on any atom is -0.497 e. The lowest BCUT2D eigenvalue weighted by molar-refractivity contribution is 0.297. The number of rotatable bonds is 9. The zero-order chi connectivity index (χ0) is 19.5. The molecule has 0 aliphatic heterocycles. The van der Waals surface area contributed by atoms with Crippen LogP contribution in [0.1, 0.15) is 11.6 Å². The largest absolute Gasteiger partial charge is 0.497 e. The molecule has 0 aliphatic rings. The van der Waals surface area contributed by atoms with E-state index in [1.54, 1.807) is 14.2 Å². The van der Waals surface area contributed by atoms with Crippen LogP contribution in [0.4, 0.5) is 0 Å². The number of likely N-dealkylation sites (N-methyl/N-ethyl adjacent to an activating group) is 1. The summed E-state index contributed by atoms with van der Waals surface area (Å²) >= 11 is 0. The van der Waals surface area contributed by atoms with Gasteiger partial charge in [-0.1, -0.05) is 30.3 Å². The van der Waals surface area contributed by atoms with Crippen LogP contribution >= 0.6 is 0 Å². The van der Waals surface area contributed by atoms with Gasteiger partial charge in [0, 0.05) is 13.6 Å². The van der Waals surface area contributed by atoms with Crippen LogP contribution in [0.25, 0.3) is 0 Å². The van der Waals surface area contributed by atoms with E-state index in [0.29, 0.717) is 13.2 Å². The van der Waals surface area contributed by atoms with Gasteiger partial charge in [-0.05, 0) is 43.9 Å². The summed E-state index contributed by atoms with van der Waals surface area (Å²) in [5, 5.41) is 6.67. The van der Waals surface area contributed by atoms with Gasteiger partial charge >= 0.3 is 0 Å². The lowest BCUT2D eigenvalue weighted by Gasteiger charge is -2.26. The van der Waals surface area contributed by atoms with Crippen molar-refractivity contribution in [1.82, 2.24) is 15.5 Å². The van der Waals surface area contributed by atoms with Crippen molar-refractivity contribution in [3.63, 3.8) is 0 Å². The molecule has 0 amide bonds. The van der Waals surface area contributed by atoms with Crippen LogP contribution in [-0.4, -0.2) is 58.8 Å². The van der Waals surface area contributed by atoms with Gasteiger partial charge in [0.1, 0.15) is 18.1 Å². The molecule has 6 nitrogen and oxygen atoms in total. The molecule has 0 bridgehead atoms. The molecule has 0 heterocycles. The van der Waals surface area contributed by atoms with Crippen LogP contribution in [0, 0.1) is 0 Å². The quantitative estimate of drug-likeness (QED) is 0.404. The first-order chi connectivity index (χ1) is 13.1. The van der Waals surface area contributed by atoms with Gasteiger partial charge in [-0.15, -0.1) is 0 Å². The number of guanidine groups is 1. The first-order valence-corrected chi connectivity index (χ1v) is 9.06. The Morgan fingerprint density at radius 2 is 1.67 bits per heavy atom. The molecule has 27 heavy (non-hydrogen) atoms. The Balaban J connectivity index is 1.76. The zero-order valence-corrected chi connectivity index (χ0v) is 16.6. The summed E-state index contributed by atoms with van der Waals surface area (Å²) in [7, 11) is 7.58. The SMILES string of the molecule is CN=C(NCCOc1ccc(OC)cc1)NCC(c1ccccc1)N(C)C. The maximum Gasteiger partial charge on any atom is 0.191 e. The number of methoxy groups -OCH3 is 1. The summed E-state index contributed by atoms with van der Waals surface area (Å²) in [6.45, 7) is 1.96. The van der Waals surface area contributed by atoms with Crippen LogP contribution in [-0.2, 0) is 0 Å². The van der Waals surface area contributed by atoms with Gasteiger partial charge in [-0.3, -0.25) is 4.99 Å². The average Bonchev–Trinajstić information content (AvgIpc) is 2.70. The van der Waals surface area contributed by atoms with E-state index in [9.17, 15) is 0 Å². The Morgan fingerprint density at radius 1 is 1.00 bits per heavy atom. The van der Waals surface area contributed by atoms with Crippen LogP contribution < -0.4 is 20.1 Å². The van der Waals surface area contributed by atoms with E-state index in [2.05, 4.69) is 58.9 Å². The molecule has 0 saturated carbocycles. The molecular weight excluding hydrogens is 340 g/mol. The standard InChI is InChI=1S/C21H30N4O2/c1-22-21(23-14-15-27-19-12-10-18(26-4)11-13-19)24-16-20(25(2)3)17-8-6-5-7-9-17/h5-13,20H,14-16H2,1-4H3,(H2,22,23,24). The van der Waals surface area contributed by atoms with Gasteiger partial charge in [0.15, 0.2) is 5.96 Å². The van der Waals surface area contributed by atoms with E-state index in [-0.39, 0.29) is 6.04 Å². The molecule has 2 N–H and O–H groups in total. The van der Waals surface area contributed by atoms with E-state index in [0.717, 1.165) is 24.0 Å². The van der Waals surface area contributed by atoms with Crippen molar-refractivity contribution in [3.05, 3.63) is 60.2 Å². The zero-order valence-electron chi connectivity index (χ0n) is 16.6. The van der Waals surface area contributed by atoms with Crippen molar-refractivity contribution in [1.29, 1.82) is 0 Å². The van der Waals surface area contributed by atoms with Gasteiger partial charge in [0.25, 0.3) is 0 Å². The summed E-state index contributed by atoms with van der Waals surface area (Å²) in [5.41, 5.74) is 1.27. The second-order valence-electron chi connectivity index (χ2n) is 6.29. The van der Waals surface area contributed by atoms with Gasteiger partial charge in [-0.25, -0.2) is 0 Å². The highest BCUT2D eigenvalue weighted by Crippen LogP contribution is 2.17. The first kappa shape index (κ1) is 20.6. The van der Waals surface area contributed by atoms with E-state index in [1.807, 2.05) is 30.3 Å². The van der Waals surface area contributed by atoms with Crippen LogP contribution in [0.15, 0.2) is 59.6 Å². The lowest BCUT2D eigenvalue weighted by Crippen LogP contribution is -2.43. The van der Waals surface area contributed by atoms with Crippen molar-refractivity contribution in [2.75, 3.05) is 47.9 Å². The van der Waals surface area contributed by atoms with E-state index < -0.39 is 0 Å². The Labute approximate surface area is 162 Å². The van der Waals surface area contributed by atoms with Gasteiger partial charge in [0.05, 0.1) is 19.7 Å². The van der Waals surface area contributed by atoms with Gasteiger partial charge < -0.3 is 25.0 Å². The van der Waals surface area contributed by atoms with Gasteiger partial charge in [0.2, 0.25) is 0 Å². The number of nitrogens with zero attached hydrogens (tertiary/aromatic N) is 2. The smallest absolute Gasteiger partial charge is 0.191 e. The number of ether oxygens (including phenoxy) is 2. The fourth-order valence-electron chi connectivity index (χ4n) is 2.70. The predicted molar refractivity (Wildman–Crippen MR) is 111 cm³/mol. The minimum absolute atomic E-state index is 0.264. The molecule has 2 rings (SSSR count). The van der Waals surface area contributed by atoms with E-state index in [1.165, 1.54) is 5.56 Å². The van der Waals surface area contributed by atoms with Crippen molar-refractivity contribution < 1.29 is 9.47 Å². The molecule has 0 aromatic heterocycles.